The van der Waals surface area contributed by atoms with Gasteiger partial charge in [-0.25, -0.2) is 4.39 Å². The first kappa shape index (κ1) is 16.6. The minimum atomic E-state index is -0.406. The van der Waals surface area contributed by atoms with E-state index in [1.54, 1.807) is 28.4 Å². The molecule has 6 heteroatoms. The molecule has 1 aliphatic rings. The van der Waals surface area contributed by atoms with Gasteiger partial charge in [0, 0.05) is 29.6 Å². The minimum absolute atomic E-state index is 0.0207. The fourth-order valence-electron chi connectivity index (χ4n) is 2.88. The lowest BCUT2D eigenvalue weighted by molar-refractivity contribution is -0.121. The summed E-state index contributed by atoms with van der Waals surface area (Å²) in [7, 11) is 0. The van der Waals surface area contributed by atoms with E-state index in [0.717, 1.165) is 17.7 Å². The lowest BCUT2D eigenvalue weighted by Gasteiger charge is -2.32. The number of hydrogen-bond donors (Lipinski definition) is 1. The summed E-state index contributed by atoms with van der Waals surface area (Å²) in [6.07, 6.45) is 1.84. The molecule has 1 aromatic heterocycles. The van der Waals surface area contributed by atoms with Gasteiger partial charge in [0.25, 0.3) is 5.91 Å². The molecule has 0 saturated carbocycles. The average molecular weight is 346 g/mol. The van der Waals surface area contributed by atoms with Crippen molar-refractivity contribution in [3.63, 3.8) is 0 Å². The van der Waals surface area contributed by atoms with E-state index in [1.165, 1.54) is 12.1 Å². The predicted octanol–water partition coefficient (Wildman–Crippen LogP) is 2.85. The number of piperidine rings is 1. The first-order valence-electron chi connectivity index (χ1n) is 7.98. The van der Waals surface area contributed by atoms with Crippen molar-refractivity contribution < 1.29 is 14.0 Å². The molecule has 24 heavy (non-hydrogen) atoms. The molecule has 4 nitrogen and oxygen atoms in total. The maximum absolute atomic E-state index is 13.2. The van der Waals surface area contributed by atoms with Gasteiger partial charge in [0.2, 0.25) is 5.91 Å². The van der Waals surface area contributed by atoms with Crippen molar-refractivity contribution in [3.05, 3.63) is 58.0 Å². The van der Waals surface area contributed by atoms with Gasteiger partial charge in [0.05, 0.1) is 6.42 Å². The number of likely N-dealkylation sites (tertiary alicyclic amines) is 1. The highest BCUT2D eigenvalue weighted by Crippen LogP contribution is 2.15. The quantitative estimate of drug-likeness (QED) is 0.925. The van der Waals surface area contributed by atoms with Crippen LogP contribution in [0.4, 0.5) is 4.39 Å². The summed E-state index contributed by atoms with van der Waals surface area (Å²) < 4.78 is 13.2. The number of carbonyl (C=O) groups is 2. The van der Waals surface area contributed by atoms with E-state index >= 15 is 0 Å². The molecule has 2 amide bonds. The van der Waals surface area contributed by atoms with Crippen molar-refractivity contribution in [2.75, 3.05) is 13.1 Å². The van der Waals surface area contributed by atoms with Crippen LogP contribution < -0.4 is 5.32 Å². The van der Waals surface area contributed by atoms with Crippen LogP contribution in [0.1, 0.15) is 28.1 Å². The van der Waals surface area contributed by atoms with Crippen LogP contribution in [0.5, 0.6) is 0 Å². The van der Waals surface area contributed by atoms with Crippen molar-refractivity contribution in [1.82, 2.24) is 10.2 Å². The summed E-state index contributed by atoms with van der Waals surface area (Å²) >= 11 is 1.57. The van der Waals surface area contributed by atoms with Crippen molar-refractivity contribution in [2.24, 2.45) is 0 Å². The highest BCUT2D eigenvalue weighted by Gasteiger charge is 2.24. The van der Waals surface area contributed by atoms with Gasteiger partial charge in [-0.1, -0.05) is 12.1 Å². The molecule has 0 spiro atoms. The molecule has 1 saturated heterocycles. The minimum Gasteiger partial charge on any atom is -0.353 e. The van der Waals surface area contributed by atoms with Crippen LogP contribution >= 0.6 is 11.3 Å². The first-order chi connectivity index (χ1) is 11.6. The van der Waals surface area contributed by atoms with E-state index in [2.05, 4.69) is 5.32 Å². The molecule has 0 atom stereocenters. The van der Waals surface area contributed by atoms with Gasteiger partial charge >= 0.3 is 0 Å². The zero-order valence-electron chi connectivity index (χ0n) is 13.2. The van der Waals surface area contributed by atoms with Gasteiger partial charge in [-0.05, 0) is 42.5 Å². The largest absolute Gasteiger partial charge is 0.353 e. The number of nitrogens with zero attached hydrogens (tertiary/aromatic N) is 1. The predicted molar refractivity (Wildman–Crippen MR) is 91.5 cm³/mol. The number of nitrogens with one attached hydrogen (secondary N) is 1. The molecule has 1 fully saturated rings. The third kappa shape index (κ3) is 4.20. The molecular weight excluding hydrogens is 327 g/mol. The number of rotatable bonds is 4. The average Bonchev–Trinajstić information content (AvgIpc) is 3.07. The smallest absolute Gasteiger partial charge is 0.253 e. The van der Waals surface area contributed by atoms with E-state index < -0.39 is 5.82 Å². The Hall–Kier alpha value is -2.21. The Morgan fingerprint density at radius 2 is 2.00 bits per heavy atom. The Kier molecular flexibility index (Phi) is 5.25. The molecule has 126 valence electrons. The van der Waals surface area contributed by atoms with Crippen molar-refractivity contribution in [1.29, 1.82) is 0 Å². The number of amides is 2. The summed E-state index contributed by atoms with van der Waals surface area (Å²) in [5.74, 6) is -0.540. The van der Waals surface area contributed by atoms with Gasteiger partial charge in [0.15, 0.2) is 0 Å². The summed E-state index contributed by atoms with van der Waals surface area (Å²) in [6, 6.07) is 9.73. The van der Waals surface area contributed by atoms with Gasteiger partial charge in [-0.3, -0.25) is 9.59 Å². The molecule has 0 radical (unpaired) electrons. The van der Waals surface area contributed by atoms with Crippen LogP contribution in [0.3, 0.4) is 0 Å². The molecule has 1 aromatic carbocycles. The maximum Gasteiger partial charge on any atom is 0.253 e. The van der Waals surface area contributed by atoms with E-state index in [0.29, 0.717) is 25.1 Å². The molecule has 0 bridgehead atoms. The zero-order valence-corrected chi connectivity index (χ0v) is 14.0. The number of halogens is 1. The Labute approximate surface area is 144 Å². The zero-order chi connectivity index (χ0) is 16.9. The SMILES string of the molecule is O=C(Cc1cccs1)NC1CCN(C(=O)c2cccc(F)c2)CC1. The lowest BCUT2D eigenvalue weighted by atomic mass is 10.0. The van der Waals surface area contributed by atoms with E-state index in [1.807, 2.05) is 17.5 Å². The normalized spacial score (nSPS) is 15.3. The fourth-order valence-corrected chi connectivity index (χ4v) is 3.58. The van der Waals surface area contributed by atoms with Gasteiger partial charge in [-0.2, -0.15) is 0 Å². The van der Waals surface area contributed by atoms with Crippen LogP contribution in [0, 0.1) is 5.82 Å². The Morgan fingerprint density at radius 3 is 2.67 bits per heavy atom. The standard InChI is InChI=1S/C18H19FN2O2S/c19-14-4-1-3-13(11-14)18(23)21-8-6-15(7-9-21)20-17(22)12-16-5-2-10-24-16/h1-5,10-11,15H,6-9,12H2,(H,20,22). The summed E-state index contributed by atoms with van der Waals surface area (Å²) in [5.41, 5.74) is 0.371. The lowest BCUT2D eigenvalue weighted by Crippen LogP contribution is -2.46. The van der Waals surface area contributed by atoms with Crippen LogP contribution in [0.15, 0.2) is 41.8 Å². The van der Waals surface area contributed by atoms with E-state index in [9.17, 15) is 14.0 Å². The third-order valence-electron chi connectivity index (χ3n) is 4.13. The molecule has 1 N–H and O–H groups in total. The molecule has 1 aliphatic heterocycles. The van der Waals surface area contributed by atoms with Crippen molar-refractivity contribution in [2.45, 2.75) is 25.3 Å². The maximum atomic E-state index is 13.2. The third-order valence-corrected chi connectivity index (χ3v) is 5.01. The second-order valence-corrected chi connectivity index (χ2v) is 6.93. The van der Waals surface area contributed by atoms with Gasteiger partial charge < -0.3 is 10.2 Å². The highest BCUT2D eigenvalue weighted by molar-refractivity contribution is 7.10. The van der Waals surface area contributed by atoms with Gasteiger partial charge in [-0.15, -0.1) is 11.3 Å². The summed E-state index contributed by atoms with van der Waals surface area (Å²) in [5, 5.41) is 4.99. The van der Waals surface area contributed by atoms with Crippen LogP contribution in [-0.4, -0.2) is 35.8 Å². The Balaban J connectivity index is 1.48. The molecular formula is C18H19FN2O2S. The number of carbonyl (C=O) groups excluding carboxylic acids is 2. The van der Waals surface area contributed by atoms with Crippen molar-refractivity contribution >= 4 is 23.2 Å². The highest BCUT2D eigenvalue weighted by atomic mass is 32.1. The number of benzene rings is 1. The van der Waals surface area contributed by atoms with Gasteiger partial charge in [0.1, 0.15) is 5.82 Å². The number of hydrogen-bond acceptors (Lipinski definition) is 3. The fraction of sp³-hybridized carbons (Fsp3) is 0.333. The summed E-state index contributed by atoms with van der Waals surface area (Å²) in [4.78, 5) is 27.2. The first-order valence-corrected chi connectivity index (χ1v) is 8.86. The molecule has 2 aromatic rings. The van der Waals surface area contributed by atoms with E-state index in [-0.39, 0.29) is 17.9 Å². The summed E-state index contributed by atoms with van der Waals surface area (Å²) in [6.45, 7) is 1.14. The second-order valence-electron chi connectivity index (χ2n) is 5.90. The van der Waals surface area contributed by atoms with Crippen LogP contribution in [0.2, 0.25) is 0 Å². The second kappa shape index (κ2) is 7.57. The Bertz CT molecular complexity index is 710. The molecule has 0 aliphatic carbocycles. The van der Waals surface area contributed by atoms with Crippen LogP contribution in [0.25, 0.3) is 0 Å². The topological polar surface area (TPSA) is 49.4 Å². The Morgan fingerprint density at radius 1 is 1.21 bits per heavy atom. The molecule has 0 unspecified atom stereocenters. The van der Waals surface area contributed by atoms with Crippen LogP contribution in [-0.2, 0) is 11.2 Å². The van der Waals surface area contributed by atoms with E-state index in [4.69, 9.17) is 0 Å². The van der Waals surface area contributed by atoms with Crippen molar-refractivity contribution in [3.8, 4) is 0 Å². The number of thiophene rings is 1. The molecule has 2 heterocycles. The molecule has 3 rings (SSSR count). The monoisotopic (exact) mass is 346 g/mol.